The van der Waals surface area contributed by atoms with Crippen LogP contribution in [-0.4, -0.2) is 15.6 Å². The molecule has 1 aromatic rings. The molecule has 1 aliphatic carbocycles. The van der Waals surface area contributed by atoms with Crippen molar-refractivity contribution in [2.75, 3.05) is 0 Å². The Bertz CT molecular complexity index is 316. The van der Waals surface area contributed by atoms with E-state index >= 15 is 0 Å². The topological polar surface area (TPSA) is 43.8 Å². The highest BCUT2D eigenvalue weighted by molar-refractivity contribution is 5.13. The monoisotopic (exact) mass is 193 g/mol. The first-order valence-corrected chi connectivity index (χ1v) is 5.26. The normalized spacial score (nSPS) is 27.4. The zero-order valence-corrected chi connectivity index (χ0v) is 9.20. The lowest BCUT2D eigenvalue weighted by atomic mass is 9.85. The Kier molecular flexibility index (Phi) is 2.14. The van der Waals surface area contributed by atoms with E-state index in [0.29, 0.717) is 12.1 Å². The van der Waals surface area contributed by atoms with Crippen LogP contribution in [0.15, 0.2) is 12.5 Å². The molecule has 2 rings (SSSR count). The number of hydrogen-bond acceptors (Lipinski definition) is 2. The smallest absolute Gasteiger partial charge is 0.0950 e. The fourth-order valence-corrected chi connectivity index (χ4v) is 2.03. The van der Waals surface area contributed by atoms with E-state index in [1.165, 1.54) is 5.69 Å². The summed E-state index contributed by atoms with van der Waals surface area (Å²) in [6.45, 7) is 6.66. The van der Waals surface area contributed by atoms with Crippen molar-refractivity contribution in [2.24, 2.45) is 5.73 Å². The van der Waals surface area contributed by atoms with Crippen LogP contribution < -0.4 is 5.73 Å². The zero-order valence-electron chi connectivity index (χ0n) is 9.20. The molecule has 2 N–H and O–H groups in total. The predicted octanol–water partition coefficient (Wildman–Crippen LogP) is 1.84. The van der Waals surface area contributed by atoms with Crippen LogP contribution in [-0.2, 0) is 5.41 Å². The van der Waals surface area contributed by atoms with Gasteiger partial charge in [-0.25, -0.2) is 4.98 Å². The maximum Gasteiger partial charge on any atom is 0.0950 e. The molecule has 3 heteroatoms. The first kappa shape index (κ1) is 9.71. The Hall–Kier alpha value is -0.830. The van der Waals surface area contributed by atoms with E-state index in [1.807, 2.05) is 12.5 Å². The molecule has 1 fully saturated rings. The van der Waals surface area contributed by atoms with Crippen molar-refractivity contribution in [3.8, 4) is 0 Å². The average molecular weight is 193 g/mol. The Balaban J connectivity index is 2.22. The van der Waals surface area contributed by atoms with E-state index in [2.05, 4.69) is 30.3 Å². The second kappa shape index (κ2) is 3.09. The Morgan fingerprint density at radius 3 is 2.57 bits per heavy atom. The van der Waals surface area contributed by atoms with Crippen molar-refractivity contribution in [1.29, 1.82) is 0 Å². The predicted molar refractivity (Wildman–Crippen MR) is 57.2 cm³/mol. The third-order valence-corrected chi connectivity index (χ3v) is 2.98. The number of rotatable bonds is 1. The van der Waals surface area contributed by atoms with E-state index in [9.17, 15) is 0 Å². The van der Waals surface area contributed by atoms with Crippen molar-refractivity contribution < 1.29 is 0 Å². The first-order valence-electron chi connectivity index (χ1n) is 5.26. The van der Waals surface area contributed by atoms with Gasteiger partial charge in [0.1, 0.15) is 0 Å². The fraction of sp³-hybridized carbons (Fsp3) is 0.727. The zero-order chi connectivity index (χ0) is 10.3. The molecule has 0 bridgehead atoms. The quantitative estimate of drug-likeness (QED) is 0.739. The van der Waals surface area contributed by atoms with Gasteiger partial charge < -0.3 is 10.3 Å². The summed E-state index contributed by atoms with van der Waals surface area (Å²) < 4.78 is 2.30. The van der Waals surface area contributed by atoms with Crippen LogP contribution in [0.1, 0.15) is 45.3 Å². The Morgan fingerprint density at radius 1 is 1.43 bits per heavy atom. The molecule has 3 nitrogen and oxygen atoms in total. The number of hydrogen-bond donors (Lipinski definition) is 1. The molecule has 0 aromatic carbocycles. The van der Waals surface area contributed by atoms with E-state index in [4.69, 9.17) is 5.73 Å². The van der Waals surface area contributed by atoms with Crippen LogP contribution >= 0.6 is 0 Å². The van der Waals surface area contributed by atoms with Gasteiger partial charge in [-0.15, -0.1) is 0 Å². The second-order valence-corrected chi connectivity index (χ2v) is 5.32. The van der Waals surface area contributed by atoms with Gasteiger partial charge in [0.2, 0.25) is 0 Å². The third kappa shape index (κ3) is 1.57. The maximum atomic E-state index is 5.80. The number of nitrogens with zero attached hydrogens (tertiary/aromatic N) is 2. The standard InChI is InChI=1S/C11H19N3/c1-11(2,3)10-6-13-7-14(10)9-4-8(12)5-9/h6-9H,4-5,12H2,1-3H3. The van der Waals surface area contributed by atoms with Crippen LogP contribution in [0.4, 0.5) is 0 Å². The van der Waals surface area contributed by atoms with E-state index in [1.54, 1.807) is 0 Å². The van der Waals surface area contributed by atoms with Crippen LogP contribution in [0.5, 0.6) is 0 Å². The van der Waals surface area contributed by atoms with Crippen LogP contribution in [0.25, 0.3) is 0 Å². The van der Waals surface area contributed by atoms with E-state index in [-0.39, 0.29) is 5.41 Å². The molecule has 1 heterocycles. The van der Waals surface area contributed by atoms with Crippen LogP contribution in [0.2, 0.25) is 0 Å². The van der Waals surface area contributed by atoms with Crippen LogP contribution in [0, 0.1) is 0 Å². The Morgan fingerprint density at radius 2 is 2.07 bits per heavy atom. The highest BCUT2D eigenvalue weighted by Gasteiger charge is 2.30. The van der Waals surface area contributed by atoms with Gasteiger partial charge in [0.25, 0.3) is 0 Å². The van der Waals surface area contributed by atoms with Crippen LogP contribution in [0.3, 0.4) is 0 Å². The summed E-state index contributed by atoms with van der Waals surface area (Å²) in [4.78, 5) is 4.24. The second-order valence-electron chi connectivity index (χ2n) is 5.32. The van der Waals surface area contributed by atoms with Crippen molar-refractivity contribution >= 4 is 0 Å². The van der Waals surface area contributed by atoms with Gasteiger partial charge in [-0.2, -0.15) is 0 Å². The molecule has 0 radical (unpaired) electrons. The van der Waals surface area contributed by atoms with Gasteiger partial charge >= 0.3 is 0 Å². The molecule has 0 aliphatic heterocycles. The molecule has 78 valence electrons. The van der Waals surface area contributed by atoms with Crippen molar-refractivity contribution in [3.63, 3.8) is 0 Å². The summed E-state index contributed by atoms with van der Waals surface area (Å²) in [6.07, 6.45) is 6.11. The molecule has 0 spiro atoms. The first-order chi connectivity index (χ1) is 6.48. The van der Waals surface area contributed by atoms with Gasteiger partial charge in [-0.1, -0.05) is 20.8 Å². The number of aromatic nitrogens is 2. The van der Waals surface area contributed by atoms with Gasteiger partial charge in [0.15, 0.2) is 0 Å². The molecule has 0 amide bonds. The molecular formula is C11H19N3. The summed E-state index contributed by atoms with van der Waals surface area (Å²) in [6, 6.07) is 0.983. The SMILES string of the molecule is CC(C)(C)c1cncn1C1CC(N)C1. The fourth-order valence-electron chi connectivity index (χ4n) is 2.03. The third-order valence-electron chi connectivity index (χ3n) is 2.98. The molecule has 1 saturated carbocycles. The summed E-state index contributed by atoms with van der Waals surface area (Å²) in [5.41, 5.74) is 7.29. The number of imidazole rings is 1. The van der Waals surface area contributed by atoms with E-state index < -0.39 is 0 Å². The van der Waals surface area contributed by atoms with Crippen molar-refractivity contribution in [1.82, 2.24) is 9.55 Å². The molecule has 1 aliphatic rings. The minimum absolute atomic E-state index is 0.177. The molecule has 0 saturated heterocycles. The summed E-state index contributed by atoms with van der Waals surface area (Å²) in [5, 5.41) is 0. The van der Waals surface area contributed by atoms with Gasteiger partial charge in [0, 0.05) is 29.4 Å². The average Bonchev–Trinajstić information content (AvgIpc) is 2.44. The summed E-state index contributed by atoms with van der Waals surface area (Å²) in [5.74, 6) is 0. The van der Waals surface area contributed by atoms with Gasteiger partial charge in [-0.3, -0.25) is 0 Å². The number of nitrogens with two attached hydrogens (primary N) is 1. The Labute approximate surface area is 85.3 Å². The van der Waals surface area contributed by atoms with E-state index in [0.717, 1.165) is 12.8 Å². The lowest BCUT2D eigenvalue weighted by molar-refractivity contribution is 0.254. The molecule has 0 atom stereocenters. The molecule has 14 heavy (non-hydrogen) atoms. The highest BCUT2D eigenvalue weighted by atomic mass is 15.1. The molecular weight excluding hydrogens is 174 g/mol. The maximum absolute atomic E-state index is 5.80. The minimum atomic E-state index is 0.177. The largest absolute Gasteiger partial charge is 0.331 e. The van der Waals surface area contributed by atoms with Crippen molar-refractivity contribution in [2.45, 2.75) is 51.1 Å². The highest BCUT2D eigenvalue weighted by Crippen LogP contribution is 2.34. The molecule has 0 unspecified atom stereocenters. The van der Waals surface area contributed by atoms with Gasteiger partial charge in [-0.05, 0) is 12.8 Å². The van der Waals surface area contributed by atoms with Crippen molar-refractivity contribution in [3.05, 3.63) is 18.2 Å². The summed E-state index contributed by atoms with van der Waals surface area (Å²) in [7, 11) is 0. The lowest BCUT2D eigenvalue weighted by Crippen LogP contribution is -2.39. The lowest BCUT2D eigenvalue weighted by Gasteiger charge is -2.36. The minimum Gasteiger partial charge on any atom is -0.331 e. The molecule has 1 aromatic heterocycles. The summed E-state index contributed by atoms with van der Waals surface area (Å²) >= 11 is 0. The van der Waals surface area contributed by atoms with Gasteiger partial charge in [0.05, 0.1) is 6.33 Å².